The molecule has 2 aromatic carbocycles. The molecule has 0 fully saturated rings. The molecule has 26 heavy (non-hydrogen) atoms. The minimum Gasteiger partial charge on any atom is -0.493 e. The summed E-state index contributed by atoms with van der Waals surface area (Å²) in [7, 11) is 1.56. The molecular weight excluding hydrogens is 332 g/mol. The summed E-state index contributed by atoms with van der Waals surface area (Å²) in [5.74, 6) is 0.927. The van der Waals surface area contributed by atoms with Crippen molar-refractivity contribution in [3.63, 3.8) is 0 Å². The van der Waals surface area contributed by atoms with Crippen LogP contribution in [0.2, 0.25) is 0 Å². The minimum atomic E-state index is -0.227. The second-order valence-corrected chi connectivity index (χ2v) is 6.02. The molecule has 1 N–H and O–H groups in total. The maximum Gasteiger partial charge on any atom is 0.255 e. The third kappa shape index (κ3) is 3.49. The molecule has 0 aliphatic carbocycles. The van der Waals surface area contributed by atoms with Crippen molar-refractivity contribution in [2.24, 2.45) is 0 Å². The Morgan fingerprint density at radius 1 is 1.15 bits per heavy atom. The summed E-state index contributed by atoms with van der Waals surface area (Å²) in [6.45, 7) is 4.60. The summed E-state index contributed by atoms with van der Waals surface area (Å²) in [4.78, 5) is 25.9. The summed E-state index contributed by atoms with van der Waals surface area (Å²) in [6.07, 6.45) is 0.787. The zero-order chi connectivity index (χ0) is 18.7. The summed E-state index contributed by atoms with van der Waals surface area (Å²) in [5, 5.41) is 2.90. The van der Waals surface area contributed by atoms with E-state index in [4.69, 9.17) is 9.47 Å². The van der Waals surface area contributed by atoms with Crippen molar-refractivity contribution < 1.29 is 19.1 Å². The van der Waals surface area contributed by atoms with Crippen LogP contribution in [0.1, 0.15) is 29.8 Å². The number of amides is 2. The van der Waals surface area contributed by atoms with Crippen LogP contribution in [0.3, 0.4) is 0 Å². The number of benzene rings is 2. The number of carbonyl (C=O) groups excluding carboxylic acids is 2. The lowest BCUT2D eigenvalue weighted by Crippen LogP contribution is -2.25. The largest absolute Gasteiger partial charge is 0.493 e. The topological polar surface area (TPSA) is 67.9 Å². The Bertz CT molecular complexity index is 848. The molecule has 1 aliphatic rings. The van der Waals surface area contributed by atoms with Crippen LogP contribution in [0.5, 0.6) is 11.5 Å². The summed E-state index contributed by atoms with van der Waals surface area (Å²) in [6, 6.07) is 10.7. The highest BCUT2D eigenvalue weighted by Gasteiger charge is 2.22. The van der Waals surface area contributed by atoms with Gasteiger partial charge in [-0.3, -0.25) is 9.59 Å². The smallest absolute Gasteiger partial charge is 0.255 e. The number of anilines is 2. The molecule has 1 aliphatic heterocycles. The van der Waals surface area contributed by atoms with E-state index in [0.717, 1.165) is 17.7 Å². The van der Waals surface area contributed by atoms with Crippen LogP contribution in [-0.4, -0.2) is 32.1 Å². The van der Waals surface area contributed by atoms with Gasteiger partial charge in [-0.05, 0) is 55.3 Å². The van der Waals surface area contributed by atoms with E-state index in [1.165, 1.54) is 0 Å². The van der Waals surface area contributed by atoms with Crippen molar-refractivity contribution in [2.75, 3.05) is 30.5 Å². The van der Waals surface area contributed by atoms with E-state index >= 15 is 0 Å². The molecule has 6 heteroatoms. The van der Waals surface area contributed by atoms with Gasteiger partial charge in [0.15, 0.2) is 11.5 Å². The van der Waals surface area contributed by atoms with Crippen LogP contribution < -0.4 is 19.7 Å². The van der Waals surface area contributed by atoms with E-state index in [-0.39, 0.29) is 11.8 Å². The van der Waals surface area contributed by atoms with Gasteiger partial charge in [0.1, 0.15) is 0 Å². The Balaban J connectivity index is 1.78. The molecule has 0 spiro atoms. The summed E-state index contributed by atoms with van der Waals surface area (Å²) < 4.78 is 10.8. The lowest BCUT2D eigenvalue weighted by Gasteiger charge is -2.15. The van der Waals surface area contributed by atoms with E-state index in [1.807, 2.05) is 25.1 Å². The molecule has 0 saturated heterocycles. The lowest BCUT2D eigenvalue weighted by atomic mass is 10.1. The molecule has 1 heterocycles. The van der Waals surface area contributed by atoms with E-state index < -0.39 is 0 Å². The Labute approximate surface area is 152 Å². The van der Waals surface area contributed by atoms with Crippen molar-refractivity contribution in [3.8, 4) is 11.5 Å². The van der Waals surface area contributed by atoms with Gasteiger partial charge in [-0.15, -0.1) is 0 Å². The Morgan fingerprint density at radius 2 is 1.96 bits per heavy atom. The second-order valence-electron chi connectivity index (χ2n) is 6.02. The highest BCUT2D eigenvalue weighted by molar-refractivity contribution is 6.05. The van der Waals surface area contributed by atoms with Gasteiger partial charge in [-0.2, -0.15) is 0 Å². The molecule has 0 bridgehead atoms. The molecule has 136 valence electrons. The van der Waals surface area contributed by atoms with Crippen LogP contribution in [0, 0.1) is 0 Å². The van der Waals surface area contributed by atoms with E-state index in [1.54, 1.807) is 37.1 Å². The van der Waals surface area contributed by atoms with Crippen LogP contribution in [-0.2, 0) is 11.2 Å². The van der Waals surface area contributed by atoms with E-state index in [9.17, 15) is 9.59 Å². The number of carbonyl (C=O) groups is 2. The molecule has 0 saturated carbocycles. The van der Waals surface area contributed by atoms with Gasteiger partial charge >= 0.3 is 0 Å². The predicted octanol–water partition coefficient (Wildman–Crippen LogP) is 3.26. The number of nitrogens with zero attached hydrogens (tertiary/aromatic N) is 1. The van der Waals surface area contributed by atoms with Gasteiger partial charge < -0.3 is 19.7 Å². The second kappa shape index (κ2) is 7.47. The van der Waals surface area contributed by atoms with Crippen molar-refractivity contribution >= 4 is 23.2 Å². The number of methoxy groups -OCH3 is 1. The summed E-state index contributed by atoms with van der Waals surface area (Å²) in [5.41, 5.74) is 3.16. The van der Waals surface area contributed by atoms with Crippen molar-refractivity contribution in [3.05, 3.63) is 47.5 Å². The van der Waals surface area contributed by atoms with E-state index in [0.29, 0.717) is 35.9 Å². The number of hydrogen-bond acceptors (Lipinski definition) is 4. The standard InChI is InChI=1S/C20H22N2O4/c1-4-26-19-12-15(5-8-18(19)25-3)20(24)21-16-6-7-17-14(11-16)9-10-22(17)13(2)23/h5-8,11-12H,4,9-10H2,1-3H3,(H,21,24). The molecule has 2 amide bonds. The van der Waals surface area contributed by atoms with Gasteiger partial charge in [-0.1, -0.05) is 0 Å². The Morgan fingerprint density at radius 3 is 2.65 bits per heavy atom. The van der Waals surface area contributed by atoms with Crippen molar-refractivity contribution in [1.29, 1.82) is 0 Å². The first-order chi connectivity index (χ1) is 12.5. The number of ether oxygens (including phenoxy) is 2. The molecule has 6 nitrogen and oxygen atoms in total. The molecule has 0 aromatic heterocycles. The predicted molar refractivity (Wildman–Crippen MR) is 100 cm³/mol. The fraction of sp³-hybridized carbons (Fsp3) is 0.300. The molecule has 0 unspecified atom stereocenters. The highest BCUT2D eigenvalue weighted by atomic mass is 16.5. The quantitative estimate of drug-likeness (QED) is 0.895. The zero-order valence-corrected chi connectivity index (χ0v) is 15.2. The fourth-order valence-corrected chi connectivity index (χ4v) is 3.10. The monoisotopic (exact) mass is 354 g/mol. The van der Waals surface area contributed by atoms with Gasteiger partial charge in [0, 0.05) is 30.4 Å². The van der Waals surface area contributed by atoms with Crippen LogP contribution in [0.25, 0.3) is 0 Å². The molecule has 3 rings (SSSR count). The number of fused-ring (bicyclic) bond motifs is 1. The van der Waals surface area contributed by atoms with Gasteiger partial charge in [0.05, 0.1) is 13.7 Å². The first kappa shape index (κ1) is 17.8. The first-order valence-corrected chi connectivity index (χ1v) is 8.56. The van der Waals surface area contributed by atoms with Crippen LogP contribution in [0.15, 0.2) is 36.4 Å². The average Bonchev–Trinajstić information content (AvgIpc) is 3.05. The Kier molecular flexibility index (Phi) is 5.11. The molecule has 0 radical (unpaired) electrons. The van der Waals surface area contributed by atoms with Gasteiger partial charge in [0.25, 0.3) is 5.91 Å². The lowest BCUT2D eigenvalue weighted by molar-refractivity contribution is -0.116. The third-order valence-corrected chi connectivity index (χ3v) is 4.34. The third-order valence-electron chi connectivity index (χ3n) is 4.34. The number of rotatable bonds is 5. The number of nitrogens with one attached hydrogen (secondary N) is 1. The normalized spacial score (nSPS) is 12.5. The van der Waals surface area contributed by atoms with E-state index in [2.05, 4.69) is 5.32 Å². The first-order valence-electron chi connectivity index (χ1n) is 8.56. The molecule has 0 atom stereocenters. The fourth-order valence-electron chi connectivity index (χ4n) is 3.10. The molecular formula is C20H22N2O4. The maximum absolute atomic E-state index is 12.6. The Hall–Kier alpha value is -3.02. The summed E-state index contributed by atoms with van der Waals surface area (Å²) >= 11 is 0. The van der Waals surface area contributed by atoms with Crippen molar-refractivity contribution in [1.82, 2.24) is 0 Å². The molecule has 2 aromatic rings. The van der Waals surface area contributed by atoms with Gasteiger partial charge in [-0.25, -0.2) is 0 Å². The highest BCUT2D eigenvalue weighted by Crippen LogP contribution is 2.31. The zero-order valence-electron chi connectivity index (χ0n) is 15.2. The maximum atomic E-state index is 12.6. The van der Waals surface area contributed by atoms with Crippen molar-refractivity contribution in [2.45, 2.75) is 20.3 Å². The van der Waals surface area contributed by atoms with Crippen LogP contribution >= 0.6 is 0 Å². The SMILES string of the molecule is CCOc1cc(C(=O)Nc2ccc3c(c2)CCN3C(C)=O)ccc1OC. The van der Waals surface area contributed by atoms with Crippen LogP contribution in [0.4, 0.5) is 11.4 Å². The number of hydrogen-bond donors (Lipinski definition) is 1. The average molecular weight is 354 g/mol. The minimum absolute atomic E-state index is 0.0298. The van der Waals surface area contributed by atoms with Gasteiger partial charge in [0.2, 0.25) is 5.91 Å².